The van der Waals surface area contributed by atoms with Crippen LogP contribution >= 0.6 is 0 Å². The number of hydrogen-bond acceptors (Lipinski definition) is 6. The second-order valence-corrected chi connectivity index (χ2v) is 8.40. The van der Waals surface area contributed by atoms with Crippen LogP contribution in [0.5, 0.6) is 17.2 Å². The molecule has 0 aromatic heterocycles. The van der Waals surface area contributed by atoms with Crippen molar-refractivity contribution in [2.24, 2.45) is 0 Å². The molecule has 0 radical (unpaired) electrons. The lowest BCUT2D eigenvalue weighted by molar-refractivity contribution is -0.139. The number of carbonyl (C=O) groups is 1. The summed E-state index contributed by atoms with van der Waals surface area (Å²) < 4.78 is 22.5. The molecule has 0 fully saturated rings. The van der Waals surface area contributed by atoms with Crippen LogP contribution in [0.4, 0.5) is 0 Å². The first-order valence-corrected chi connectivity index (χ1v) is 12.5. The van der Waals surface area contributed by atoms with Gasteiger partial charge >= 0.3 is 5.97 Å². The van der Waals surface area contributed by atoms with Gasteiger partial charge in [0, 0.05) is 5.57 Å². The van der Waals surface area contributed by atoms with E-state index in [4.69, 9.17) is 18.9 Å². The van der Waals surface area contributed by atoms with Gasteiger partial charge in [-0.2, -0.15) is 5.26 Å². The zero-order valence-electron chi connectivity index (χ0n) is 21.9. The highest BCUT2D eigenvalue weighted by Crippen LogP contribution is 2.31. The fraction of sp³-hybridized carbons (Fsp3) is 0.400. The van der Waals surface area contributed by atoms with E-state index in [9.17, 15) is 10.1 Å². The van der Waals surface area contributed by atoms with Crippen molar-refractivity contribution in [1.82, 2.24) is 0 Å². The number of allylic oxidation sites excluding steroid dienone is 1. The fourth-order valence-corrected chi connectivity index (χ4v) is 3.51. The number of unbranched alkanes of at least 4 members (excludes halogenated alkanes) is 3. The summed E-state index contributed by atoms with van der Waals surface area (Å²) in [4.78, 5) is 11.4. The average Bonchev–Trinajstić information content (AvgIpc) is 2.86. The molecule has 0 saturated carbocycles. The van der Waals surface area contributed by atoms with Gasteiger partial charge in [0.15, 0.2) is 11.5 Å². The molecule has 2 aromatic carbocycles. The van der Waals surface area contributed by atoms with Crippen molar-refractivity contribution in [2.75, 3.05) is 26.4 Å². The molecular formula is C30H37NO5. The number of esters is 1. The first-order valence-electron chi connectivity index (χ1n) is 12.5. The quantitative estimate of drug-likeness (QED) is 0.0885. The summed E-state index contributed by atoms with van der Waals surface area (Å²) >= 11 is 0. The molecule has 0 atom stereocenters. The predicted molar refractivity (Wildman–Crippen MR) is 143 cm³/mol. The molecule has 0 N–H and O–H groups in total. The minimum absolute atomic E-state index is 0.337. The molecule has 0 aliphatic carbocycles. The van der Waals surface area contributed by atoms with Crippen molar-refractivity contribution >= 4 is 17.6 Å². The molecule has 0 aliphatic heterocycles. The SMILES string of the molecule is C=C(C)C(=O)OCCCCCCOc1ccc(C=C(C#N)c2ccc(OCC)c(C)c2)cc1OCC. The zero-order valence-corrected chi connectivity index (χ0v) is 21.9. The van der Waals surface area contributed by atoms with E-state index in [0.29, 0.717) is 49.1 Å². The normalized spacial score (nSPS) is 10.9. The maximum atomic E-state index is 11.4. The molecule has 0 spiro atoms. The Morgan fingerprint density at radius 1 is 0.917 bits per heavy atom. The van der Waals surface area contributed by atoms with Gasteiger partial charge < -0.3 is 18.9 Å². The van der Waals surface area contributed by atoms with Gasteiger partial charge in [0.05, 0.1) is 38.1 Å². The Balaban J connectivity index is 1.97. The summed E-state index contributed by atoms with van der Waals surface area (Å²) in [5.41, 5.74) is 3.67. The number of nitrogens with zero attached hydrogens (tertiary/aromatic N) is 1. The maximum absolute atomic E-state index is 11.4. The van der Waals surface area contributed by atoms with Crippen LogP contribution in [-0.4, -0.2) is 32.4 Å². The Hall–Kier alpha value is -3.72. The Bertz CT molecular complexity index is 1100. The minimum atomic E-state index is -0.337. The van der Waals surface area contributed by atoms with Gasteiger partial charge in [-0.1, -0.05) is 12.6 Å². The van der Waals surface area contributed by atoms with Crippen LogP contribution in [0, 0.1) is 18.3 Å². The third-order valence-electron chi connectivity index (χ3n) is 5.36. The molecule has 6 nitrogen and oxygen atoms in total. The number of nitriles is 1. The van der Waals surface area contributed by atoms with Crippen LogP contribution in [-0.2, 0) is 9.53 Å². The molecule has 2 aromatic rings. The largest absolute Gasteiger partial charge is 0.494 e. The van der Waals surface area contributed by atoms with Gasteiger partial charge in [-0.05, 0) is 106 Å². The third kappa shape index (κ3) is 9.14. The topological polar surface area (TPSA) is 77.8 Å². The fourth-order valence-electron chi connectivity index (χ4n) is 3.51. The van der Waals surface area contributed by atoms with Gasteiger partial charge in [0.2, 0.25) is 0 Å². The Morgan fingerprint density at radius 3 is 2.22 bits per heavy atom. The smallest absolute Gasteiger partial charge is 0.333 e. The van der Waals surface area contributed by atoms with E-state index in [1.807, 2.05) is 63.2 Å². The molecule has 0 heterocycles. The highest BCUT2D eigenvalue weighted by atomic mass is 16.5. The van der Waals surface area contributed by atoms with Crippen LogP contribution in [0.2, 0.25) is 0 Å². The molecular weight excluding hydrogens is 454 g/mol. The van der Waals surface area contributed by atoms with E-state index < -0.39 is 0 Å². The van der Waals surface area contributed by atoms with E-state index in [0.717, 1.165) is 48.1 Å². The zero-order chi connectivity index (χ0) is 26.3. The van der Waals surface area contributed by atoms with Gasteiger partial charge in [-0.25, -0.2) is 4.79 Å². The van der Waals surface area contributed by atoms with Crippen molar-refractivity contribution in [3.8, 4) is 23.3 Å². The number of benzene rings is 2. The molecule has 0 amide bonds. The van der Waals surface area contributed by atoms with Crippen LogP contribution in [0.15, 0.2) is 48.6 Å². The summed E-state index contributed by atoms with van der Waals surface area (Å²) in [5.74, 6) is 1.82. The second kappa shape index (κ2) is 15.3. The highest BCUT2D eigenvalue weighted by molar-refractivity contribution is 5.90. The number of hydrogen-bond donors (Lipinski definition) is 0. The maximum Gasteiger partial charge on any atom is 0.333 e. The van der Waals surface area contributed by atoms with Gasteiger partial charge in [-0.3, -0.25) is 0 Å². The van der Waals surface area contributed by atoms with E-state index in [1.54, 1.807) is 6.92 Å². The number of carbonyl (C=O) groups excluding carboxylic acids is 1. The molecule has 2 rings (SSSR count). The van der Waals surface area contributed by atoms with E-state index >= 15 is 0 Å². The highest BCUT2D eigenvalue weighted by Gasteiger charge is 2.09. The van der Waals surface area contributed by atoms with Crippen LogP contribution < -0.4 is 14.2 Å². The second-order valence-electron chi connectivity index (χ2n) is 8.40. The molecule has 0 bridgehead atoms. The standard InChI is InChI=1S/C30H37NO5/c1-6-33-27-15-13-25(18-23(27)5)26(21-31)19-24-12-14-28(29(20-24)34-7-2)35-16-10-8-9-11-17-36-30(32)22(3)4/h12-15,18-20H,3,6-11,16-17H2,1-2,4-5H3. The van der Waals surface area contributed by atoms with Crippen molar-refractivity contribution in [3.05, 3.63) is 65.2 Å². The summed E-state index contributed by atoms with van der Waals surface area (Å²) in [6.45, 7) is 13.2. The first-order chi connectivity index (χ1) is 17.4. The predicted octanol–water partition coefficient (Wildman–Crippen LogP) is 6.92. The van der Waals surface area contributed by atoms with E-state index in [-0.39, 0.29) is 5.97 Å². The van der Waals surface area contributed by atoms with Crippen LogP contribution in [0.1, 0.15) is 63.1 Å². The van der Waals surface area contributed by atoms with Crippen LogP contribution in [0.25, 0.3) is 11.6 Å². The summed E-state index contributed by atoms with van der Waals surface area (Å²) in [6, 6.07) is 13.8. The van der Waals surface area contributed by atoms with E-state index in [1.165, 1.54) is 0 Å². The number of ether oxygens (including phenoxy) is 4. The van der Waals surface area contributed by atoms with Crippen molar-refractivity contribution < 1.29 is 23.7 Å². The lowest BCUT2D eigenvalue weighted by atomic mass is 10.0. The summed E-state index contributed by atoms with van der Waals surface area (Å²) in [7, 11) is 0. The molecule has 0 aliphatic rings. The monoisotopic (exact) mass is 491 g/mol. The van der Waals surface area contributed by atoms with Crippen molar-refractivity contribution in [2.45, 2.75) is 53.4 Å². The van der Waals surface area contributed by atoms with Gasteiger partial charge in [-0.15, -0.1) is 0 Å². The summed E-state index contributed by atoms with van der Waals surface area (Å²) in [5, 5.41) is 9.77. The number of rotatable bonds is 15. The lowest BCUT2D eigenvalue weighted by Gasteiger charge is -2.13. The molecule has 192 valence electrons. The Morgan fingerprint density at radius 2 is 1.58 bits per heavy atom. The third-order valence-corrected chi connectivity index (χ3v) is 5.36. The Kier molecular flexibility index (Phi) is 12.1. The minimum Gasteiger partial charge on any atom is -0.494 e. The van der Waals surface area contributed by atoms with E-state index in [2.05, 4.69) is 12.6 Å². The van der Waals surface area contributed by atoms with Crippen molar-refractivity contribution in [3.63, 3.8) is 0 Å². The molecule has 0 unspecified atom stereocenters. The Labute approximate surface area is 215 Å². The number of aryl methyl sites for hydroxylation is 1. The molecule has 36 heavy (non-hydrogen) atoms. The van der Waals surface area contributed by atoms with Crippen LogP contribution in [0.3, 0.4) is 0 Å². The lowest BCUT2D eigenvalue weighted by Crippen LogP contribution is -2.06. The molecule has 0 saturated heterocycles. The van der Waals surface area contributed by atoms with Gasteiger partial charge in [0.25, 0.3) is 0 Å². The summed E-state index contributed by atoms with van der Waals surface area (Å²) in [6.07, 6.45) is 5.48. The average molecular weight is 492 g/mol. The first kappa shape index (κ1) is 28.5. The van der Waals surface area contributed by atoms with Crippen molar-refractivity contribution in [1.29, 1.82) is 5.26 Å². The molecule has 6 heteroatoms. The van der Waals surface area contributed by atoms with Gasteiger partial charge in [0.1, 0.15) is 5.75 Å².